The van der Waals surface area contributed by atoms with Gasteiger partial charge < -0.3 is 5.73 Å². The van der Waals surface area contributed by atoms with Crippen molar-refractivity contribution in [3.8, 4) is 0 Å². The molecule has 13 heavy (non-hydrogen) atoms. The van der Waals surface area contributed by atoms with Crippen molar-refractivity contribution in [1.82, 2.24) is 4.90 Å². The lowest BCUT2D eigenvalue weighted by molar-refractivity contribution is 0.161. The van der Waals surface area contributed by atoms with E-state index < -0.39 is 0 Å². The van der Waals surface area contributed by atoms with E-state index >= 15 is 0 Å². The molecular formula is C11H22N2. The summed E-state index contributed by atoms with van der Waals surface area (Å²) < 4.78 is 0. The summed E-state index contributed by atoms with van der Waals surface area (Å²) in [6, 6.07) is 1.56. The van der Waals surface area contributed by atoms with Gasteiger partial charge in [0.2, 0.25) is 0 Å². The van der Waals surface area contributed by atoms with Crippen molar-refractivity contribution in [3.63, 3.8) is 0 Å². The van der Waals surface area contributed by atoms with Crippen LogP contribution in [0, 0.1) is 5.92 Å². The third-order valence-electron chi connectivity index (χ3n) is 3.73. The Morgan fingerprint density at radius 3 is 2.69 bits per heavy atom. The lowest BCUT2D eigenvalue weighted by atomic mass is 10.1. The van der Waals surface area contributed by atoms with E-state index in [0.29, 0.717) is 6.04 Å². The van der Waals surface area contributed by atoms with Gasteiger partial charge in [0.05, 0.1) is 0 Å². The summed E-state index contributed by atoms with van der Waals surface area (Å²) in [5.74, 6) is 0.942. The predicted molar refractivity (Wildman–Crippen MR) is 55.6 cm³/mol. The third kappa shape index (κ3) is 1.89. The third-order valence-corrected chi connectivity index (χ3v) is 3.73. The molecule has 2 aliphatic rings. The Hall–Kier alpha value is -0.0800. The SMILES string of the molecule is CCC1CCCN1C(CN)C1CC1. The molecule has 0 aromatic heterocycles. The first-order valence-corrected chi connectivity index (χ1v) is 5.82. The average molecular weight is 182 g/mol. The van der Waals surface area contributed by atoms with E-state index in [4.69, 9.17) is 5.73 Å². The van der Waals surface area contributed by atoms with Gasteiger partial charge in [-0.05, 0) is 44.6 Å². The van der Waals surface area contributed by atoms with Crippen molar-refractivity contribution in [2.75, 3.05) is 13.1 Å². The van der Waals surface area contributed by atoms with Crippen molar-refractivity contribution < 1.29 is 0 Å². The molecular weight excluding hydrogens is 160 g/mol. The zero-order chi connectivity index (χ0) is 9.26. The van der Waals surface area contributed by atoms with Crippen LogP contribution in [0.1, 0.15) is 39.0 Å². The summed E-state index contributed by atoms with van der Waals surface area (Å²) in [4.78, 5) is 2.69. The van der Waals surface area contributed by atoms with Gasteiger partial charge in [-0.15, -0.1) is 0 Å². The Morgan fingerprint density at radius 2 is 2.15 bits per heavy atom. The molecule has 1 heterocycles. The van der Waals surface area contributed by atoms with Crippen LogP contribution in [0.5, 0.6) is 0 Å². The molecule has 2 atom stereocenters. The van der Waals surface area contributed by atoms with Gasteiger partial charge in [0.25, 0.3) is 0 Å². The van der Waals surface area contributed by atoms with Crippen molar-refractivity contribution in [1.29, 1.82) is 0 Å². The summed E-state index contributed by atoms with van der Waals surface area (Å²) in [5.41, 5.74) is 5.87. The fourth-order valence-electron chi connectivity index (χ4n) is 2.81. The van der Waals surface area contributed by atoms with Crippen LogP contribution in [0.3, 0.4) is 0 Å². The normalized spacial score (nSPS) is 32.3. The number of hydrogen-bond acceptors (Lipinski definition) is 2. The molecule has 1 saturated heterocycles. The van der Waals surface area contributed by atoms with Crippen molar-refractivity contribution in [2.45, 2.75) is 51.1 Å². The molecule has 1 aliphatic carbocycles. The van der Waals surface area contributed by atoms with Crippen LogP contribution < -0.4 is 5.73 Å². The molecule has 2 heteroatoms. The smallest absolute Gasteiger partial charge is 0.0249 e. The van der Waals surface area contributed by atoms with Crippen LogP contribution in [-0.2, 0) is 0 Å². The molecule has 0 spiro atoms. The Balaban J connectivity index is 1.95. The predicted octanol–water partition coefficient (Wildman–Crippen LogP) is 1.60. The van der Waals surface area contributed by atoms with Crippen molar-refractivity contribution >= 4 is 0 Å². The zero-order valence-electron chi connectivity index (χ0n) is 8.71. The van der Waals surface area contributed by atoms with Crippen LogP contribution in [0.15, 0.2) is 0 Å². The topological polar surface area (TPSA) is 29.3 Å². The molecule has 0 amide bonds. The lowest BCUT2D eigenvalue weighted by Gasteiger charge is -2.32. The standard InChI is InChI=1S/C11H22N2/c1-2-10-4-3-7-13(10)11(8-12)9-5-6-9/h9-11H,2-8,12H2,1H3. The van der Waals surface area contributed by atoms with E-state index in [-0.39, 0.29) is 0 Å². The number of nitrogens with zero attached hydrogens (tertiary/aromatic N) is 1. The summed E-state index contributed by atoms with van der Waals surface area (Å²) in [6.45, 7) is 4.49. The summed E-state index contributed by atoms with van der Waals surface area (Å²) in [6.07, 6.45) is 6.95. The molecule has 1 aliphatic heterocycles. The highest BCUT2D eigenvalue weighted by atomic mass is 15.2. The van der Waals surface area contributed by atoms with Gasteiger partial charge in [0.1, 0.15) is 0 Å². The molecule has 76 valence electrons. The van der Waals surface area contributed by atoms with Crippen LogP contribution in [0.25, 0.3) is 0 Å². The van der Waals surface area contributed by atoms with Crippen LogP contribution in [0.4, 0.5) is 0 Å². The summed E-state index contributed by atoms with van der Waals surface area (Å²) >= 11 is 0. The number of rotatable bonds is 4. The van der Waals surface area contributed by atoms with Gasteiger partial charge in [-0.1, -0.05) is 6.92 Å². The van der Waals surface area contributed by atoms with Gasteiger partial charge in [0, 0.05) is 18.6 Å². The first-order valence-electron chi connectivity index (χ1n) is 5.82. The van der Waals surface area contributed by atoms with Gasteiger partial charge >= 0.3 is 0 Å². The van der Waals surface area contributed by atoms with Gasteiger partial charge in [-0.3, -0.25) is 4.90 Å². The Morgan fingerprint density at radius 1 is 1.38 bits per heavy atom. The van der Waals surface area contributed by atoms with Gasteiger partial charge in [-0.2, -0.15) is 0 Å². The van der Waals surface area contributed by atoms with Crippen LogP contribution >= 0.6 is 0 Å². The Bertz CT molecular complexity index is 165. The van der Waals surface area contributed by atoms with Crippen LogP contribution in [-0.4, -0.2) is 30.1 Å². The quantitative estimate of drug-likeness (QED) is 0.715. The second-order valence-electron chi connectivity index (χ2n) is 4.58. The maximum Gasteiger partial charge on any atom is 0.0249 e. The lowest BCUT2D eigenvalue weighted by Crippen LogP contribution is -2.44. The number of likely N-dealkylation sites (tertiary alicyclic amines) is 1. The first kappa shape index (κ1) is 9.47. The second-order valence-corrected chi connectivity index (χ2v) is 4.58. The van der Waals surface area contributed by atoms with E-state index in [1.807, 2.05) is 0 Å². The fraction of sp³-hybridized carbons (Fsp3) is 1.00. The molecule has 2 N–H and O–H groups in total. The monoisotopic (exact) mass is 182 g/mol. The Labute approximate surface area is 81.5 Å². The first-order chi connectivity index (χ1) is 6.36. The highest BCUT2D eigenvalue weighted by Gasteiger charge is 2.38. The molecule has 2 unspecified atom stereocenters. The molecule has 2 nitrogen and oxygen atoms in total. The van der Waals surface area contributed by atoms with Crippen molar-refractivity contribution in [2.24, 2.45) is 11.7 Å². The largest absolute Gasteiger partial charge is 0.329 e. The van der Waals surface area contributed by atoms with Crippen molar-refractivity contribution in [3.05, 3.63) is 0 Å². The van der Waals surface area contributed by atoms with E-state index in [2.05, 4.69) is 11.8 Å². The van der Waals surface area contributed by atoms with Gasteiger partial charge in [-0.25, -0.2) is 0 Å². The molecule has 0 bridgehead atoms. The maximum absolute atomic E-state index is 5.87. The van der Waals surface area contributed by atoms with E-state index in [1.54, 1.807) is 0 Å². The molecule has 1 saturated carbocycles. The fourth-order valence-corrected chi connectivity index (χ4v) is 2.81. The average Bonchev–Trinajstić information content (AvgIpc) is 2.86. The Kier molecular flexibility index (Phi) is 2.89. The number of hydrogen-bond donors (Lipinski definition) is 1. The minimum atomic E-state index is 0.715. The second kappa shape index (κ2) is 3.97. The molecule has 2 rings (SSSR count). The molecule has 2 fully saturated rings. The minimum absolute atomic E-state index is 0.715. The highest BCUT2D eigenvalue weighted by Crippen LogP contribution is 2.37. The molecule has 0 aromatic carbocycles. The van der Waals surface area contributed by atoms with Gasteiger partial charge in [0.15, 0.2) is 0 Å². The molecule has 0 radical (unpaired) electrons. The van der Waals surface area contributed by atoms with E-state index in [9.17, 15) is 0 Å². The zero-order valence-corrected chi connectivity index (χ0v) is 8.71. The highest BCUT2D eigenvalue weighted by molar-refractivity contribution is 4.93. The molecule has 0 aromatic rings. The minimum Gasteiger partial charge on any atom is -0.329 e. The van der Waals surface area contributed by atoms with E-state index in [1.165, 1.54) is 38.6 Å². The summed E-state index contributed by atoms with van der Waals surface area (Å²) in [5, 5.41) is 0. The number of nitrogens with two attached hydrogens (primary N) is 1. The summed E-state index contributed by atoms with van der Waals surface area (Å²) in [7, 11) is 0. The maximum atomic E-state index is 5.87. The van der Waals surface area contributed by atoms with Crippen LogP contribution in [0.2, 0.25) is 0 Å². The van der Waals surface area contributed by atoms with E-state index in [0.717, 1.165) is 18.5 Å².